The highest BCUT2D eigenvalue weighted by Gasteiger charge is 2.35. The van der Waals surface area contributed by atoms with Gasteiger partial charge in [-0.25, -0.2) is 13.2 Å². The molecule has 0 aromatic heterocycles. The van der Waals surface area contributed by atoms with Crippen LogP contribution in [0.4, 0.5) is 5.69 Å². The molecule has 2 aromatic carbocycles. The zero-order valence-electron chi connectivity index (χ0n) is 14.1. The van der Waals surface area contributed by atoms with Gasteiger partial charge in [0.15, 0.2) is 0 Å². The van der Waals surface area contributed by atoms with E-state index < -0.39 is 16.0 Å². The van der Waals surface area contributed by atoms with Gasteiger partial charge in [0.1, 0.15) is 0 Å². The van der Waals surface area contributed by atoms with Gasteiger partial charge in [-0.3, -0.25) is 4.31 Å². The lowest BCUT2D eigenvalue weighted by Crippen LogP contribution is -2.42. The van der Waals surface area contributed by atoms with E-state index in [0.717, 1.165) is 19.3 Å². The van der Waals surface area contributed by atoms with Crippen LogP contribution in [0.1, 0.15) is 42.5 Å². The maximum absolute atomic E-state index is 13.4. The number of benzene rings is 2. The van der Waals surface area contributed by atoms with Crippen LogP contribution >= 0.6 is 11.6 Å². The molecule has 0 aliphatic heterocycles. The Labute approximate surface area is 158 Å². The summed E-state index contributed by atoms with van der Waals surface area (Å²) in [6.45, 7) is 0. The predicted octanol–water partition coefficient (Wildman–Crippen LogP) is 4.57. The van der Waals surface area contributed by atoms with Crippen molar-refractivity contribution in [3.05, 3.63) is 59.1 Å². The zero-order chi connectivity index (χ0) is 18.7. The standard InChI is InChI=1S/C19H20ClNO4S/c20-14-11-12-18(17(13-14)19(22)23)21(15-7-3-1-4-8-15)26(24,25)16-9-5-2-6-10-16/h2,5-6,9-13,15H,1,3-4,7-8H2,(H,22,23). The number of anilines is 1. The number of halogens is 1. The molecule has 1 saturated carbocycles. The molecule has 1 aliphatic rings. The minimum absolute atomic E-state index is 0.109. The average molecular weight is 394 g/mol. The molecule has 1 N–H and O–H groups in total. The Morgan fingerprint density at radius 3 is 2.31 bits per heavy atom. The van der Waals surface area contributed by atoms with Gasteiger partial charge in [-0.2, -0.15) is 0 Å². The van der Waals surface area contributed by atoms with Crippen molar-refractivity contribution in [2.24, 2.45) is 0 Å². The minimum atomic E-state index is -3.90. The molecule has 138 valence electrons. The predicted molar refractivity (Wildman–Crippen MR) is 101 cm³/mol. The first kappa shape index (κ1) is 18.7. The van der Waals surface area contributed by atoms with Gasteiger partial charge < -0.3 is 5.11 Å². The Bertz CT molecular complexity index is 893. The normalized spacial score (nSPS) is 15.6. The minimum Gasteiger partial charge on any atom is -0.478 e. The zero-order valence-corrected chi connectivity index (χ0v) is 15.7. The first-order valence-electron chi connectivity index (χ1n) is 8.53. The molecule has 0 spiro atoms. The molecule has 2 aromatic rings. The number of carboxylic acid groups (broad SMARTS) is 1. The Balaban J connectivity index is 2.18. The third-order valence-electron chi connectivity index (χ3n) is 4.63. The number of nitrogens with zero attached hydrogens (tertiary/aromatic N) is 1. The van der Waals surface area contributed by atoms with E-state index in [-0.39, 0.29) is 27.2 Å². The van der Waals surface area contributed by atoms with Crippen molar-refractivity contribution in [3.8, 4) is 0 Å². The van der Waals surface area contributed by atoms with Gasteiger partial charge in [-0.05, 0) is 43.2 Å². The van der Waals surface area contributed by atoms with Crippen LogP contribution in [-0.4, -0.2) is 25.5 Å². The molecule has 5 nitrogen and oxygen atoms in total. The number of aromatic carboxylic acids is 1. The maximum atomic E-state index is 13.4. The Morgan fingerprint density at radius 2 is 1.69 bits per heavy atom. The van der Waals surface area contributed by atoms with Crippen molar-refractivity contribution in [3.63, 3.8) is 0 Å². The quantitative estimate of drug-likeness (QED) is 0.807. The molecule has 1 aliphatic carbocycles. The highest BCUT2D eigenvalue weighted by Crippen LogP contribution is 2.35. The fourth-order valence-electron chi connectivity index (χ4n) is 3.42. The van der Waals surface area contributed by atoms with Gasteiger partial charge in [0.05, 0.1) is 16.1 Å². The first-order valence-corrected chi connectivity index (χ1v) is 10.4. The second kappa shape index (κ2) is 7.68. The largest absolute Gasteiger partial charge is 0.478 e. The summed E-state index contributed by atoms with van der Waals surface area (Å²) in [4.78, 5) is 11.9. The molecular formula is C19H20ClNO4S. The third-order valence-corrected chi connectivity index (χ3v) is 6.75. The number of rotatable bonds is 5. The highest BCUT2D eigenvalue weighted by molar-refractivity contribution is 7.92. The van der Waals surface area contributed by atoms with E-state index in [0.29, 0.717) is 12.8 Å². The summed E-state index contributed by atoms with van der Waals surface area (Å²) in [5.74, 6) is -1.20. The number of carbonyl (C=O) groups is 1. The lowest BCUT2D eigenvalue weighted by atomic mass is 9.95. The summed E-state index contributed by atoms with van der Waals surface area (Å²) in [5, 5.41) is 9.85. The van der Waals surface area contributed by atoms with Crippen molar-refractivity contribution < 1.29 is 18.3 Å². The SMILES string of the molecule is O=C(O)c1cc(Cl)ccc1N(C1CCCCC1)S(=O)(=O)c1ccccc1. The molecule has 7 heteroatoms. The summed E-state index contributed by atoms with van der Waals surface area (Å²) >= 11 is 5.95. The third kappa shape index (κ3) is 3.71. The van der Waals surface area contributed by atoms with Crippen LogP contribution in [0.5, 0.6) is 0 Å². The van der Waals surface area contributed by atoms with Crippen molar-refractivity contribution in [2.45, 2.75) is 43.0 Å². The first-order chi connectivity index (χ1) is 12.4. The lowest BCUT2D eigenvalue weighted by Gasteiger charge is -2.35. The van der Waals surface area contributed by atoms with Crippen LogP contribution < -0.4 is 4.31 Å². The van der Waals surface area contributed by atoms with E-state index in [1.165, 1.54) is 34.6 Å². The van der Waals surface area contributed by atoms with Crippen LogP contribution in [0.25, 0.3) is 0 Å². The van der Waals surface area contributed by atoms with E-state index in [4.69, 9.17) is 11.6 Å². The summed E-state index contributed by atoms with van der Waals surface area (Å²) in [7, 11) is -3.90. The van der Waals surface area contributed by atoms with Crippen LogP contribution in [0.3, 0.4) is 0 Å². The van der Waals surface area contributed by atoms with Crippen LogP contribution in [0.15, 0.2) is 53.4 Å². The molecule has 0 saturated heterocycles. The molecule has 0 unspecified atom stereocenters. The van der Waals surface area contributed by atoms with Gasteiger partial charge in [-0.15, -0.1) is 0 Å². The van der Waals surface area contributed by atoms with E-state index in [1.807, 2.05) is 0 Å². The summed E-state index contributed by atoms with van der Waals surface area (Å²) in [5.41, 5.74) is 0.0558. The Morgan fingerprint density at radius 1 is 1.04 bits per heavy atom. The van der Waals surface area contributed by atoms with Crippen LogP contribution in [0, 0.1) is 0 Å². The smallest absolute Gasteiger partial charge is 0.337 e. The van der Waals surface area contributed by atoms with Gasteiger partial charge in [0.25, 0.3) is 10.0 Å². The average Bonchev–Trinajstić information content (AvgIpc) is 2.64. The second-order valence-corrected chi connectivity index (χ2v) is 8.62. The molecule has 0 heterocycles. The topological polar surface area (TPSA) is 74.7 Å². The van der Waals surface area contributed by atoms with Crippen molar-refractivity contribution >= 4 is 33.3 Å². The van der Waals surface area contributed by atoms with Gasteiger partial charge in [-0.1, -0.05) is 49.1 Å². The Kier molecular flexibility index (Phi) is 5.53. The molecular weight excluding hydrogens is 374 g/mol. The maximum Gasteiger partial charge on any atom is 0.337 e. The van der Waals surface area contributed by atoms with Gasteiger partial charge in [0.2, 0.25) is 0 Å². The van der Waals surface area contributed by atoms with Gasteiger partial charge >= 0.3 is 5.97 Å². The van der Waals surface area contributed by atoms with Gasteiger partial charge in [0, 0.05) is 11.1 Å². The molecule has 1 fully saturated rings. The van der Waals surface area contributed by atoms with E-state index in [9.17, 15) is 18.3 Å². The molecule has 0 amide bonds. The lowest BCUT2D eigenvalue weighted by molar-refractivity contribution is 0.0697. The number of sulfonamides is 1. The number of hydrogen-bond donors (Lipinski definition) is 1. The Hall–Kier alpha value is -2.05. The van der Waals surface area contributed by atoms with E-state index >= 15 is 0 Å². The summed E-state index contributed by atoms with van der Waals surface area (Å²) < 4.78 is 28.1. The molecule has 0 atom stereocenters. The van der Waals surface area contributed by atoms with Crippen LogP contribution in [0.2, 0.25) is 5.02 Å². The van der Waals surface area contributed by atoms with Crippen LogP contribution in [-0.2, 0) is 10.0 Å². The summed E-state index contributed by atoms with van der Waals surface area (Å²) in [6.07, 6.45) is 4.30. The fourth-order valence-corrected chi connectivity index (χ4v) is 5.34. The molecule has 26 heavy (non-hydrogen) atoms. The second-order valence-electron chi connectivity index (χ2n) is 6.37. The van der Waals surface area contributed by atoms with Crippen molar-refractivity contribution in [1.29, 1.82) is 0 Å². The number of hydrogen-bond acceptors (Lipinski definition) is 3. The van der Waals surface area contributed by atoms with E-state index in [1.54, 1.807) is 18.2 Å². The number of carboxylic acids is 1. The monoisotopic (exact) mass is 393 g/mol. The highest BCUT2D eigenvalue weighted by atomic mass is 35.5. The van der Waals surface area contributed by atoms with E-state index in [2.05, 4.69) is 0 Å². The van der Waals surface area contributed by atoms with Crippen molar-refractivity contribution in [2.75, 3.05) is 4.31 Å². The molecule has 3 rings (SSSR count). The summed E-state index contributed by atoms with van der Waals surface area (Å²) in [6, 6.07) is 12.2. The molecule has 0 radical (unpaired) electrons. The van der Waals surface area contributed by atoms with Crippen molar-refractivity contribution in [1.82, 2.24) is 0 Å². The fraction of sp³-hybridized carbons (Fsp3) is 0.316. The molecule has 0 bridgehead atoms.